The van der Waals surface area contributed by atoms with Gasteiger partial charge in [-0.25, -0.2) is 13.6 Å². The summed E-state index contributed by atoms with van der Waals surface area (Å²) in [6.07, 6.45) is 1.71. The standard InChI is InChI=1S/C14H18N4O2S/c1-9(2)18-13(16-17-14(18)21(15,19)20)12-7-10-5-3-4-6-11(10)8-12/h3-6,9,12H,7-8H2,1-2H3,(H2,15,19,20). The van der Waals surface area contributed by atoms with Crippen LogP contribution in [0.25, 0.3) is 0 Å². The quantitative estimate of drug-likeness (QED) is 0.927. The van der Waals surface area contributed by atoms with E-state index in [-0.39, 0.29) is 17.1 Å². The SMILES string of the molecule is CC(C)n1c(C2Cc3ccccc3C2)nnc1S(N)(=O)=O. The van der Waals surface area contributed by atoms with Crippen LogP contribution in [0.3, 0.4) is 0 Å². The highest BCUT2D eigenvalue weighted by atomic mass is 32.2. The van der Waals surface area contributed by atoms with Gasteiger partial charge in [0.15, 0.2) is 0 Å². The minimum atomic E-state index is -3.87. The van der Waals surface area contributed by atoms with E-state index >= 15 is 0 Å². The smallest absolute Gasteiger partial charge is 0.273 e. The number of nitrogens with zero attached hydrogens (tertiary/aromatic N) is 3. The molecule has 0 saturated carbocycles. The summed E-state index contributed by atoms with van der Waals surface area (Å²) < 4.78 is 25.0. The lowest BCUT2D eigenvalue weighted by atomic mass is 10.1. The Morgan fingerprint density at radius 1 is 1.19 bits per heavy atom. The molecule has 21 heavy (non-hydrogen) atoms. The van der Waals surface area contributed by atoms with E-state index in [0.29, 0.717) is 5.82 Å². The average molecular weight is 306 g/mol. The fourth-order valence-electron chi connectivity index (χ4n) is 2.99. The molecule has 3 rings (SSSR count). The molecule has 1 heterocycles. The molecule has 2 N–H and O–H groups in total. The van der Waals surface area contributed by atoms with Crippen molar-refractivity contribution in [3.05, 3.63) is 41.2 Å². The van der Waals surface area contributed by atoms with Gasteiger partial charge in [0, 0.05) is 12.0 Å². The second kappa shape index (κ2) is 4.92. The molecule has 0 fully saturated rings. The number of sulfonamides is 1. The minimum Gasteiger partial charge on any atom is -0.298 e. The molecule has 6 nitrogen and oxygen atoms in total. The van der Waals surface area contributed by atoms with Crippen molar-refractivity contribution in [1.82, 2.24) is 14.8 Å². The lowest BCUT2D eigenvalue weighted by Gasteiger charge is -2.16. The van der Waals surface area contributed by atoms with Gasteiger partial charge < -0.3 is 0 Å². The van der Waals surface area contributed by atoms with Crippen LogP contribution in [0.1, 0.15) is 42.8 Å². The van der Waals surface area contributed by atoms with Crippen LogP contribution in [0.2, 0.25) is 0 Å². The van der Waals surface area contributed by atoms with Crippen molar-refractivity contribution in [2.75, 3.05) is 0 Å². The topological polar surface area (TPSA) is 90.9 Å². The van der Waals surface area contributed by atoms with Crippen molar-refractivity contribution < 1.29 is 8.42 Å². The third kappa shape index (κ3) is 2.47. The van der Waals surface area contributed by atoms with E-state index in [0.717, 1.165) is 12.8 Å². The maximum atomic E-state index is 11.7. The van der Waals surface area contributed by atoms with E-state index in [1.165, 1.54) is 11.1 Å². The highest BCUT2D eigenvalue weighted by Gasteiger charge is 2.31. The predicted molar refractivity (Wildman–Crippen MR) is 78.4 cm³/mol. The summed E-state index contributed by atoms with van der Waals surface area (Å²) in [5, 5.41) is 13.0. The summed E-state index contributed by atoms with van der Waals surface area (Å²) in [7, 11) is -3.87. The summed E-state index contributed by atoms with van der Waals surface area (Å²) in [5.41, 5.74) is 2.58. The van der Waals surface area contributed by atoms with Crippen LogP contribution in [-0.4, -0.2) is 23.2 Å². The number of aromatic nitrogens is 3. The van der Waals surface area contributed by atoms with Gasteiger partial charge in [0.2, 0.25) is 0 Å². The Bertz CT molecular complexity index is 755. The van der Waals surface area contributed by atoms with Crippen LogP contribution in [0.5, 0.6) is 0 Å². The summed E-state index contributed by atoms with van der Waals surface area (Å²) in [6, 6.07) is 8.18. The molecule has 7 heteroatoms. The van der Waals surface area contributed by atoms with E-state index in [2.05, 4.69) is 22.3 Å². The van der Waals surface area contributed by atoms with Crippen LogP contribution in [-0.2, 0) is 22.9 Å². The summed E-state index contributed by atoms with van der Waals surface area (Å²) in [5.74, 6) is 0.845. The largest absolute Gasteiger partial charge is 0.298 e. The summed E-state index contributed by atoms with van der Waals surface area (Å²) >= 11 is 0. The molecule has 0 atom stereocenters. The summed E-state index contributed by atoms with van der Waals surface area (Å²) in [6.45, 7) is 3.81. The van der Waals surface area contributed by atoms with Crippen molar-refractivity contribution in [1.29, 1.82) is 0 Å². The highest BCUT2D eigenvalue weighted by molar-refractivity contribution is 7.89. The number of primary sulfonamides is 1. The zero-order chi connectivity index (χ0) is 15.2. The number of fused-ring (bicyclic) bond motifs is 1. The monoisotopic (exact) mass is 306 g/mol. The minimum absolute atomic E-state index is 0.0629. The Morgan fingerprint density at radius 2 is 1.76 bits per heavy atom. The van der Waals surface area contributed by atoms with Crippen LogP contribution >= 0.6 is 0 Å². The summed E-state index contributed by atoms with van der Waals surface area (Å²) in [4.78, 5) is 0. The van der Waals surface area contributed by atoms with Crippen LogP contribution in [0.4, 0.5) is 0 Å². The van der Waals surface area contributed by atoms with Gasteiger partial charge in [0.1, 0.15) is 5.82 Å². The number of rotatable bonds is 3. The van der Waals surface area contributed by atoms with E-state index in [4.69, 9.17) is 5.14 Å². The van der Waals surface area contributed by atoms with Crippen molar-refractivity contribution >= 4 is 10.0 Å². The van der Waals surface area contributed by atoms with Crippen LogP contribution < -0.4 is 5.14 Å². The number of nitrogens with two attached hydrogens (primary N) is 1. The van der Waals surface area contributed by atoms with E-state index in [1.807, 2.05) is 26.0 Å². The lowest BCUT2D eigenvalue weighted by Crippen LogP contribution is -2.21. The van der Waals surface area contributed by atoms with Crippen molar-refractivity contribution in [2.45, 2.75) is 43.8 Å². The third-order valence-electron chi connectivity index (χ3n) is 3.88. The van der Waals surface area contributed by atoms with Crippen molar-refractivity contribution in [3.63, 3.8) is 0 Å². The first-order valence-corrected chi connectivity index (χ1v) is 8.47. The van der Waals surface area contributed by atoms with Gasteiger partial charge >= 0.3 is 0 Å². The van der Waals surface area contributed by atoms with E-state index in [9.17, 15) is 8.42 Å². The maximum absolute atomic E-state index is 11.7. The van der Waals surface area contributed by atoms with Gasteiger partial charge in [-0.2, -0.15) is 0 Å². The first kappa shape index (κ1) is 14.2. The normalized spacial score (nSPS) is 15.6. The second-order valence-corrected chi connectivity index (χ2v) is 7.18. The first-order valence-electron chi connectivity index (χ1n) is 6.92. The molecular weight excluding hydrogens is 288 g/mol. The van der Waals surface area contributed by atoms with Gasteiger partial charge in [-0.3, -0.25) is 4.57 Å². The Labute approximate surface area is 124 Å². The third-order valence-corrected chi connectivity index (χ3v) is 4.67. The van der Waals surface area contributed by atoms with E-state index in [1.54, 1.807) is 4.57 Å². The molecule has 1 aliphatic rings. The Balaban J connectivity index is 2.04. The molecule has 0 radical (unpaired) electrons. The Hall–Kier alpha value is -1.73. The van der Waals surface area contributed by atoms with Gasteiger partial charge in [-0.15, -0.1) is 10.2 Å². The van der Waals surface area contributed by atoms with Gasteiger partial charge in [-0.05, 0) is 37.8 Å². The number of benzene rings is 1. The van der Waals surface area contributed by atoms with Crippen LogP contribution in [0.15, 0.2) is 29.4 Å². The molecule has 0 bridgehead atoms. The molecule has 0 spiro atoms. The van der Waals surface area contributed by atoms with Crippen molar-refractivity contribution in [3.8, 4) is 0 Å². The first-order chi connectivity index (χ1) is 9.88. The predicted octanol–water partition coefficient (Wildman–Crippen LogP) is 1.39. The fourth-order valence-corrected chi connectivity index (χ4v) is 3.72. The molecule has 0 aliphatic heterocycles. The lowest BCUT2D eigenvalue weighted by molar-refractivity contribution is 0.485. The molecule has 0 saturated heterocycles. The molecular formula is C14H18N4O2S. The zero-order valence-corrected chi connectivity index (χ0v) is 12.8. The second-order valence-electron chi connectivity index (χ2n) is 5.72. The molecule has 0 unspecified atom stereocenters. The molecule has 1 aliphatic carbocycles. The highest BCUT2D eigenvalue weighted by Crippen LogP contribution is 2.34. The molecule has 1 aromatic heterocycles. The Kier molecular flexibility index (Phi) is 3.33. The number of hydrogen-bond acceptors (Lipinski definition) is 4. The zero-order valence-electron chi connectivity index (χ0n) is 12.0. The average Bonchev–Trinajstić information content (AvgIpc) is 3.01. The molecule has 1 aromatic carbocycles. The van der Waals surface area contributed by atoms with Crippen LogP contribution in [0, 0.1) is 0 Å². The fraction of sp³-hybridized carbons (Fsp3) is 0.429. The maximum Gasteiger partial charge on any atom is 0.273 e. The van der Waals surface area contributed by atoms with Crippen molar-refractivity contribution in [2.24, 2.45) is 5.14 Å². The Morgan fingerprint density at radius 3 is 2.24 bits per heavy atom. The van der Waals surface area contributed by atoms with Gasteiger partial charge in [0.05, 0.1) is 0 Å². The van der Waals surface area contributed by atoms with E-state index < -0.39 is 10.0 Å². The van der Waals surface area contributed by atoms with Gasteiger partial charge in [0.25, 0.3) is 15.2 Å². The van der Waals surface area contributed by atoms with Gasteiger partial charge in [-0.1, -0.05) is 24.3 Å². The molecule has 112 valence electrons. The molecule has 2 aromatic rings. The number of hydrogen-bond donors (Lipinski definition) is 1. The molecule has 0 amide bonds.